The molecule has 2 spiro atoms. The van der Waals surface area contributed by atoms with Crippen LogP contribution < -0.4 is 20.0 Å². The minimum atomic E-state index is -2.96. The number of hydrogen-bond donors (Lipinski definition) is 3. The van der Waals surface area contributed by atoms with Crippen molar-refractivity contribution >= 4 is 43.1 Å². The number of para-hydroxylation sites is 1. The Morgan fingerprint density at radius 3 is 2.47 bits per heavy atom. The van der Waals surface area contributed by atoms with Crippen LogP contribution in [-0.4, -0.2) is 98.5 Å². The Morgan fingerprint density at radius 2 is 1.79 bits per heavy atom. The normalized spacial score (nSPS) is 30.3. The molecule has 0 saturated carbocycles. The third-order valence-electron chi connectivity index (χ3n) is 11.6. The molecule has 0 radical (unpaired) electrons. The number of rotatable bonds is 6. The SMILES string of the molecule is C[C@H]1[C@H]([Si](C)(C)O)[C@@H](CC(=O)N2CCC[C@H]2CO)O[C@]12C(=O)N(C)c1ccc(N3CN(c4ccccc4)C4(CCNCC4)C3=O)cc12. The Kier molecular flexibility index (Phi) is 8.03. The van der Waals surface area contributed by atoms with Crippen molar-refractivity contribution in [3.8, 4) is 0 Å². The number of carbonyl (C=O) groups excluding carboxylic acids is 3. The summed E-state index contributed by atoms with van der Waals surface area (Å²) in [5, 5.41) is 13.3. The minimum absolute atomic E-state index is 0.0312. The molecule has 2 aromatic rings. The maximum Gasteiger partial charge on any atom is 0.264 e. The Bertz CT molecular complexity index is 1560. The van der Waals surface area contributed by atoms with E-state index in [0.29, 0.717) is 43.0 Å². The molecule has 0 aromatic heterocycles. The molecule has 7 rings (SSSR count). The third-order valence-corrected chi connectivity index (χ3v) is 14.1. The van der Waals surface area contributed by atoms with Gasteiger partial charge in [-0.1, -0.05) is 25.1 Å². The van der Waals surface area contributed by atoms with Crippen molar-refractivity contribution in [2.45, 2.75) is 80.9 Å². The number of likely N-dealkylation sites (tertiary alicyclic amines) is 1. The molecular formula is C35H47N5O6Si. The highest BCUT2D eigenvalue weighted by atomic mass is 28.4. The maximum absolute atomic E-state index is 14.5. The second kappa shape index (κ2) is 11.7. The number of hydrogen-bond acceptors (Lipinski definition) is 8. The van der Waals surface area contributed by atoms with E-state index < -0.39 is 37.0 Å². The maximum atomic E-state index is 14.5. The van der Waals surface area contributed by atoms with E-state index in [1.807, 2.05) is 73.4 Å². The van der Waals surface area contributed by atoms with Gasteiger partial charge in [-0.15, -0.1) is 0 Å². The van der Waals surface area contributed by atoms with Gasteiger partial charge in [0.25, 0.3) is 11.8 Å². The first-order valence-corrected chi connectivity index (χ1v) is 20.0. The van der Waals surface area contributed by atoms with Gasteiger partial charge in [0.15, 0.2) is 13.9 Å². The second-order valence-electron chi connectivity index (χ2n) is 14.6. The van der Waals surface area contributed by atoms with Crippen LogP contribution in [0.1, 0.15) is 44.6 Å². The zero-order valence-electron chi connectivity index (χ0n) is 27.8. The van der Waals surface area contributed by atoms with Gasteiger partial charge in [-0.05, 0) is 82.2 Å². The highest BCUT2D eigenvalue weighted by Gasteiger charge is 2.66. The highest BCUT2D eigenvalue weighted by Crippen LogP contribution is 2.60. The lowest BCUT2D eigenvalue weighted by molar-refractivity contribution is -0.149. The molecule has 3 amide bonds. The Morgan fingerprint density at radius 1 is 1.06 bits per heavy atom. The number of likely N-dealkylation sites (N-methyl/N-ethyl adjacent to an activating group) is 1. The fourth-order valence-corrected chi connectivity index (χ4v) is 11.9. The molecule has 0 aliphatic carbocycles. The predicted octanol–water partition coefficient (Wildman–Crippen LogP) is 2.77. The van der Waals surface area contributed by atoms with Gasteiger partial charge >= 0.3 is 0 Å². The van der Waals surface area contributed by atoms with Gasteiger partial charge in [-0.3, -0.25) is 19.3 Å². The summed E-state index contributed by atoms with van der Waals surface area (Å²) in [6.07, 6.45) is 2.33. The van der Waals surface area contributed by atoms with Gasteiger partial charge in [0.2, 0.25) is 5.91 Å². The highest BCUT2D eigenvalue weighted by molar-refractivity contribution is 6.71. The monoisotopic (exact) mass is 661 g/mol. The number of piperidine rings is 1. The summed E-state index contributed by atoms with van der Waals surface area (Å²) in [4.78, 5) is 61.5. The van der Waals surface area contributed by atoms with Gasteiger partial charge < -0.3 is 34.7 Å². The Balaban J connectivity index is 1.27. The molecular weight excluding hydrogens is 615 g/mol. The summed E-state index contributed by atoms with van der Waals surface area (Å²) in [7, 11) is -1.23. The molecule has 0 unspecified atom stereocenters. The van der Waals surface area contributed by atoms with Crippen molar-refractivity contribution in [3.63, 3.8) is 0 Å². The molecule has 5 atom stereocenters. The Labute approximate surface area is 277 Å². The van der Waals surface area contributed by atoms with E-state index in [1.165, 1.54) is 0 Å². The van der Waals surface area contributed by atoms with Crippen LogP contribution in [0.15, 0.2) is 48.5 Å². The van der Waals surface area contributed by atoms with Crippen LogP contribution in [0, 0.1) is 5.92 Å². The fourth-order valence-electron chi connectivity index (χ4n) is 9.35. The number of aliphatic hydroxyl groups excluding tert-OH is 1. The number of amides is 3. The lowest BCUT2D eigenvalue weighted by Crippen LogP contribution is -2.55. The van der Waals surface area contributed by atoms with Gasteiger partial charge in [-0.2, -0.15) is 0 Å². The van der Waals surface area contributed by atoms with Gasteiger partial charge in [-0.25, -0.2) is 0 Å². The molecule has 0 bridgehead atoms. The van der Waals surface area contributed by atoms with E-state index in [-0.39, 0.29) is 36.8 Å². The zero-order valence-corrected chi connectivity index (χ0v) is 28.8. The van der Waals surface area contributed by atoms with Crippen LogP contribution in [0.2, 0.25) is 18.6 Å². The smallest absolute Gasteiger partial charge is 0.264 e. The van der Waals surface area contributed by atoms with E-state index in [1.54, 1.807) is 16.8 Å². The average Bonchev–Trinajstić information content (AvgIpc) is 3.78. The summed E-state index contributed by atoms with van der Waals surface area (Å²) in [6, 6.07) is 15.6. The molecule has 4 saturated heterocycles. The predicted molar refractivity (Wildman–Crippen MR) is 182 cm³/mol. The van der Waals surface area contributed by atoms with Crippen molar-refractivity contribution < 1.29 is 29.0 Å². The number of anilines is 3. The summed E-state index contributed by atoms with van der Waals surface area (Å²) < 4.78 is 6.87. The zero-order chi connectivity index (χ0) is 33.3. The average molecular weight is 662 g/mol. The number of benzene rings is 2. The van der Waals surface area contributed by atoms with Gasteiger partial charge in [0, 0.05) is 42.0 Å². The molecule has 5 heterocycles. The first-order chi connectivity index (χ1) is 22.4. The van der Waals surface area contributed by atoms with E-state index >= 15 is 0 Å². The summed E-state index contributed by atoms with van der Waals surface area (Å²) in [6.45, 7) is 8.03. The summed E-state index contributed by atoms with van der Waals surface area (Å²) >= 11 is 0. The van der Waals surface area contributed by atoms with E-state index in [2.05, 4.69) is 10.2 Å². The first-order valence-electron chi connectivity index (χ1n) is 17.0. The molecule has 12 heteroatoms. The van der Waals surface area contributed by atoms with E-state index in [9.17, 15) is 24.3 Å². The number of nitrogens with one attached hydrogen (secondary N) is 1. The number of nitrogens with zero attached hydrogens (tertiary/aromatic N) is 4. The lowest BCUT2D eigenvalue weighted by atomic mass is 9.82. The number of aliphatic hydroxyl groups is 1. The minimum Gasteiger partial charge on any atom is -0.432 e. The molecule has 2 aromatic carbocycles. The summed E-state index contributed by atoms with van der Waals surface area (Å²) in [5.74, 6) is -0.721. The first kappa shape index (κ1) is 32.3. The molecule has 4 fully saturated rings. The quantitative estimate of drug-likeness (QED) is 0.404. The van der Waals surface area contributed by atoms with Crippen LogP contribution in [0.5, 0.6) is 0 Å². The number of ether oxygens (including phenoxy) is 1. The number of fused-ring (bicyclic) bond motifs is 2. The molecule has 3 N–H and O–H groups in total. The van der Waals surface area contributed by atoms with Crippen molar-refractivity contribution in [2.24, 2.45) is 5.92 Å². The Hall–Kier alpha value is -3.29. The molecule has 11 nitrogen and oxygen atoms in total. The van der Waals surface area contributed by atoms with Crippen LogP contribution >= 0.6 is 0 Å². The van der Waals surface area contributed by atoms with Crippen LogP contribution in [0.4, 0.5) is 17.1 Å². The number of carbonyl (C=O) groups is 3. The molecule has 47 heavy (non-hydrogen) atoms. The van der Waals surface area contributed by atoms with E-state index in [4.69, 9.17) is 4.74 Å². The van der Waals surface area contributed by atoms with Crippen molar-refractivity contribution in [2.75, 3.05) is 54.7 Å². The standard InChI is InChI=1S/C35H47N5O6Si/c1-23-31(47(3,4)45)29(20-30(42)38-18-8-11-26(38)21-41)46-35(23)27-19-25(12-13-28(27)37(2)33(35)44)39-22-40(24-9-6-5-7-10-24)34(32(39)43)14-16-36-17-15-34/h5-7,9-10,12-13,19,23,26,29,31,36,41,45H,8,11,14-18,20-22H2,1-4H3/t23-,26-,29+,31-,35+/m0/s1. The van der Waals surface area contributed by atoms with Crippen LogP contribution in [0.25, 0.3) is 0 Å². The summed E-state index contributed by atoms with van der Waals surface area (Å²) in [5.41, 5.74) is 0.606. The topological polar surface area (TPSA) is 126 Å². The third kappa shape index (κ3) is 4.86. The van der Waals surface area contributed by atoms with E-state index in [0.717, 1.165) is 31.6 Å². The van der Waals surface area contributed by atoms with Gasteiger partial charge in [0.05, 0.1) is 37.5 Å². The van der Waals surface area contributed by atoms with Gasteiger partial charge in [0.1, 0.15) is 5.54 Å². The largest absolute Gasteiger partial charge is 0.432 e. The molecule has 252 valence electrons. The molecule has 5 aliphatic heterocycles. The van der Waals surface area contributed by atoms with Crippen molar-refractivity contribution in [1.29, 1.82) is 0 Å². The second-order valence-corrected chi connectivity index (χ2v) is 18.6. The lowest BCUT2D eigenvalue weighted by Gasteiger charge is -2.39. The van der Waals surface area contributed by atoms with Crippen molar-refractivity contribution in [3.05, 3.63) is 54.1 Å². The molecule has 5 aliphatic rings. The fraction of sp³-hybridized carbons (Fsp3) is 0.571. The van der Waals surface area contributed by atoms with Crippen LogP contribution in [-0.2, 0) is 24.7 Å². The van der Waals surface area contributed by atoms with Crippen LogP contribution in [0.3, 0.4) is 0 Å². The van der Waals surface area contributed by atoms with Crippen molar-refractivity contribution in [1.82, 2.24) is 10.2 Å².